The Labute approximate surface area is 114 Å². The Morgan fingerprint density at radius 2 is 2.11 bits per heavy atom. The number of carbonyl (C=O) groups is 2. The van der Waals surface area contributed by atoms with Crippen molar-refractivity contribution in [1.82, 2.24) is 5.32 Å². The van der Waals surface area contributed by atoms with Crippen molar-refractivity contribution in [2.45, 2.75) is 19.3 Å². The minimum Gasteiger partial charge on any atom is -0.481 e. The third-order valence-electron chi connectivity index (χ3n) is 3.53. The van der Waals surface area contributed by atoms with Crippen LogP contribution in [0, 0.1) is 11.2 Å². The molecule has 1 aromatic carbocycles. The van der Waals surface area contributed by atoms with Crippen LogP contribution in [0.3, 0.4) is 0 Å². The fraction of sp³-hybridized carbons (Fsp3) is 0.385. The molecule has 2 N–H and O–H groups in total. The molecule has 102 valence electrons. The van der Waals surface area contributed by atoms with Gasteiger partial charge in [0.1, 0.15) is 5.82 Å². The lowest BCUT2D eigenvalue weighted by atomic mass is 9.69. The molecular formula is C13H13ClFNO3. The minimum atomic E-state index is -0.892. The fourth-order valence-electron chi connectivity index (χ4n) is 2.06. The summed E-state index contributed by atoms with van der Waals surface area (Å²) < 4.78 is 13.0. The van der Waals surface area contributed by atoms with Gasteiger partial charge in [-0.3, -0.25) is 9.59 Å². The monoisotopic (exact) mass is 285 g/mol. The summed E-state index contributed by atoms with van der Waals surface area (Å²) >= 11 is 5.59. The Bertz CT molecular complexity index is 529. The number of benzene rings is 1. The number of carboxylic acid groups (broad SMARTS) is 1. The van der Waals surface area contributed by atoms with E-state index < -0.39 is 23.1 Å². The average molecular weight is 286 g/mol. The van der Waals surface area contributed by atoms with Crippen molar-refractivity contribution in [3.63, 3.8) is 0 Å². The van der Waals surface area contributed by atoms with Gasteiger partial charge in [-0.2, -0.15) is 0 Å². The molecule has 0 aliphatic heterocycles. The number of amides is 1. The molecule has 6 heteroatoms. The number of aliphatic carboxylic acids is 1. The van der Waals surface area contributed by atoms with Crippen LogP contribution in [0.5, 0.6) is 0 Å². The Kier molecular flexibility index (Phi) is 3.75. The van der Waals surface area contributed by atoms with E-state index in [4.69, 9.17) is 16.7 Å². The van der Waals surface area contributed by atoms with Crippen LogP contribution in [0.4, 0.5) is 4.39 Å². The number of rotatable bonds is 4. The second kappa shape index (κ2) is 5.17. The molecule has 1 aliphatic carbocycles. The van der Waals surface area contributed by atoms with Crippen LogP contribution in [-0.2, 0) is 4.79 Å². The summed E-state index contributed by atoms with van der Waals surface area (Å²) in [5.74, 6) is -1.94. The zero-order chi connectivity index (χ0) is 14.0. The topological polar surface area (TPSA) is 66.4 Å². The van der Waals surface area contributed by atoms with E-state index in [0.29, 0.717) is 12.8 Å². The summed E-state index contributed by atoms with van der Waals surface area (Å²) in [4.78, 5) is 23.0. The number of hydrogen-bond acceptors (Lipinski definition) is 2. The van der Waals surface area contributed by atoms with Crippen LogP contribution in [0.25, 0.3) is 0 Å². The lowest BCUT2D eigenvalue weighted by Gasteiger charge is -2.37. The molecule has 0 radical (unpaired) electrons. The van der Waals surface area contributed by atoms with E-state index in [1.807, 2.05) is 0 Å². The van der Waals surface area contributed by atoms with Gasteiger partial charge in [-0.15, -0.1) is 0 Å². The molecule has 19 heavy (non-hydrogen) atoms. The number of carboxylic acids is 1. The largest absolute Gasteiger partial charge is 0.481 e. The molecule has 1 aromatic rings. The Balaban J connectivity index is 2.01. The Morgan fingerprint density at radius 3 is 2.58 bits per heavy atom. The van der Waals surface area contributed by atoms with Crippen LogP contribution in [0.15, 0.2) is 18.2 Å². The molecule has 0 aromatic heterocycles. The highest BCUT2D eigenvalue weighted by atomic mass is 35.5. The molecule has 0 spiro atoms. The van der Waals surface area contributed by atoms with E-state index in [0.717, 1.165) is 12.5 Å². The molecule has 0 saturated heterocycles. The lowest BCUT2D eigenvalue weighted by molar-refractivity contribution is -0.153. The molecule has 2 rings (SSSR count). The molecular weight excluding hydrogens is 273 g/mol. The zero-order valence-corrected chi connectivity index (χ0v) is 10.8. The lowest BCUT2D eigenvalue weighted by Crippen LogP contribution is -2.47. The summed E-state index contributed by atoms with van der Waals surface area (Å²) in [6.07, 6.45) is 1.98. The van der Waals surface area contributed by atoms with Crippen LogP contribution in [-0.4, -0.2) is 23.5 Å². The van der Waals surface area contributed by atoms with Crippen molar-refractivity contribution in [3.8, 4) is 0 Å². The van der Waals surface area contributed by atoms with Gasteiger partial charge in [-0.1, -0.05) is 18.0 Å². The summed E-state index contributed by atoms with van der Waals surface area (Å²) in [5, 5.41) is 11.6. The summed E-state index contributed by atoms with van der Waals surface area (Å²) in [6, 6.07) is 3.64. The summed E-state index contributed by atoms with van der Waals surface area (Å²) in [6.45, 7) is 0.0795. The van der Waals surface area contributed by atoms with Gasteiger partial charge in [0.25, 0.3) is 5.91 Å². The number of halogens is 2. The molecule has 1 amide bonds. The van der Waals surface area contributed by atoms with Crippen molar-refractivity contribution >= 4 is 23.5 Å². The smallest absolute Gasteiger partial charge is 0.311 e. The quantitative estimate of drug-likeness (QED) is 0.893. The van der Waals surface area contributed by atoms with Gasteiger partial charge in [-0.05, 0) is 31.0 Å². The van der Waals surface area contributed by atoms with E-state index in [9.17, 15) is 14.0 Å². The normalized spacial score (nSPS) is 16.5. The second-order valence-electron chi connectivity index (χ2n) is 4.75. The van der Waals surface area contributed by atoms with Crippen molar-refractivity contribution in [2.24, 2.45) is 5.41 Å². The predicted octanol–water partition coefficient (Wildman–Crippen LogP) is 2.46. The van der Waals surface area contributed by atoms with Crippen molar-refractivity contribution < 1.29 is 19.1 Å². The van der Waals surface area contributed by atoms with Crippen molar-refractivity contribution in [1.29, 1.82) is 0 Å². The molecule has 0 unspecified atom stereocenters. The number of carbonyl (C=O) groups excluding carboxylic acids is 1. The van der Waals surface area contributed by atoms with Crippen LogP contribution in [0.2, 0.25) is 5.02 Å². The first-order chi connectivity index (χ1) is 8.94. The Morgan fingerprint density at radius 1 is 1.42 bits per heavy atom. The predicted molar refractivity (Wildman–Crippen MR) is 67.7 cm³/mol. The third kappa shape index (κ3) is 2.71. The zero-order valence-electron chi connectivity index (χ0n) is 10.1. The molecule has 0 bridgehead atoms. The number of nitrogens with one attached hydrogen (secondary N) is 1. The first-order valence-electron chi connectivity index (χ1n) is 5.91. The fourth-order valence-corrected chi connectivity index (χ4v) is 2.24. The third-order valence-corrected chi connectivity index (χ3v) is 3.82. The summed E-state index contributed by atoms with van der Waals surface area (Å²) in [7, 11) is 0. The van der Waals surface area contributed by atoms with E-state index >= 15 is 0 Å². The Hall–Kier alpha value is -1.62. The standard InChI is InChI=1S/C13H13ClFNO3/c14-9-6-8(2-3-10(9)15)11(17)16-7-13(12(18)19)4-1-5-13/h2-3,6H,1,4-5,7H2,(H,16,17)(H,18,19). The van der Waals surface area contributed by atoms with Gasteiger partial charge in [0, 0.05) is 12.1 Å². The first kappa shape index (κ1) is 13.8. The van der Waals surface area contributed by atoms with E-state index in [1.165, 1.54) is 12.1 Å². The highest BCUT2D eigenvalue weighted by Crippen LogP contribution is 2.40. The van der Waals surface area contributed by atoms with E-state index in [1.54, 1.807) is 0 Å². The molecule has 1 fully saturated rings. The first-order valence-corrected chi connectivity index (χ1v) is 6.29. The van der Waals surface area contributed by atoms with Gasteiger partial charge in [0.05, 0.1) is 10.4 Å². The van der Waals surface area contributed by atoms with Crippen molar-refractivity contribution in [3.05, 3.63) is 34.6 Å². The maximum absolute atomic E-state index is 13.0. The van der Waals surface area contributed by atoms with E-state index in [2.05, 4.69) is 5.32 Å². The van der Waals surface area contributed by atoms with Gasteiger partial charge >= 0.3 is 5.97 Å². The minimum absolute atomic E-state index is 0.0795. The van der Waals surface area contributed by atoms with Gasteiger partial charge in [-0.25, -0.2) is 4.39 Å². The van der Waals surface area contributed by atoms with Gasteiger partial charge < -0.3 is 10.4 Å². The van der Waals surface area contributed by atoms with Gasteiger partial charge in [0.2, 0.25) is 0 Å². The second-order valence-corrected chi connectivity index (χ2v) is 5.16. The average Bonchev–Trinajstić information content (AvgIpc) is 2.30. The molecule has 0 heterocycles. The van der Waals surface area contributed by atoms with Crippen LogP contribution < -0.4 is 5.32 Å². The van der Waals surface area contributed by atoms with Crippen LogP contribution >= 0.6 is 11.6 Å². The van der Waals surface area contributed by atoms with Gasteiger partial charge in [0.15, 0.2) is 0 Å². The maximum atomic E-state index is 13.0. The summed E-state index contributed by atoms with van der Waals surface area (Å²) in [5.41, 5.74) is -0.634. The SMILES string of the molecule is O=C(NCC1(C(=O)O)CCC1)c1ccc(F)c(Cl)c1. The molecule has 0 atom stereocenters. The number of hydrogen-bond donors (Lipinski definition) is 2. The maximum Gasteiger partial charge on any atom is 0.311 e. The van der Waals surface area contributed by atoms with E-state index in [-0.39, 0.29) is 17.1 Å². The molecule has 1 saturated carbocycles. The molecule has 4 nitrogen and oxygen atoms in total. The molecule has 1 aliphatic rings. The van der Waals surface area contributed by atoms with Crippen LogP contribution in [0.1, 0.15) is 29.6 Å². The highest BCUT2D eigenvalue weighted by molar-refractivity contribution is 6.31. The highest BCUT2D eigenvalue weighted by Gasteiger charge is 2.44. The van der Waals surface area contributed by atoms with Crippen molar-refractivity contribution in [2.75, 3.05) is 6.54 Å².